The van der Waals surface area contributed by atoms with Crippen LogP contribution in [0.25, 0.3) is 5.65 Å². The van der Waals surface area contributed by atoms with Crippen LogP contribution in [-0.4, -0.2) is 27.2 Å². The highest BCUT2D eigenvalue weighted by Crippen LogP contribution is 2.05. The minimum Gasteiger partial charge on any atom is -0.461 e. The van der Waals surface area contributed by atoms with Gasteiger partial charge in [-0.25, -0.2) is 14.3 Å². The van der Waals surface area contributed by atoms with Gasteiger partial charge >= 0.3 is 5.97 Å². The molecule has 0 N–H and O–H groups in total. The minimum absolute atomic E-state index is 0.311. The predicted octanol–water partition coefficient (Wildman–Crippen LogP) is 1.99. The number of unbranched alkanes of at least 4 members (excludes halogenated alkanes) is 1. The fraction of sp³-hybridized carbons (Fsp3) is 0.417. The van der Waals surface area contributed by atoms with Gasteiger partial charge in [-0.2, -0.15) is 5.10 Å². The maximum Gasteiger partial charge on any atom is 0.358 e. The maximum atomic E-state index is 11.7. The van der Waals surface area contributed by atoms with Crippen molar-refractivity contribution in [3.63, 3.8) is 0 Å². The van der Waals surface area contributed by atoms with E-state index in [9.17, 15) is 4.79 Å². The third-order valence-corrected chi connectivity index (χ3v) is 2.38. The number of aryl methyl sites for hydroxylation is 1. The Hall–Kier alpha value is -1.91. The van der Waals surface area contributed by atoms with Crippen molar-refractivity contribution in [3.8, 4) is 0 Å². The molecule has 0 aliphatic heterocycles. The standard InChI is InChI=1S/C12H15N3O2/c1-3-4-7-17-12(16)10-5-6-11-13-9(2)8-15(11)14-10/h5-6,8H,3-4,7H2,1-2H3. The van der Waals surface area contributed by atoms with Crippen LogP contribution in [-0.2, 0) is 4.74 Å². The van der Waals surface area contributed by atoms with E-state index in [0.29, 0.717) is 12.3 Å². The zero-order valence-corrected chi connectivity index (χ0v) is 10.0. The number of carbonyl (C=O) groups excluding carboxylic acids is 1. The lowest BCUT2D eigenvalue weighted by atomic mass is 10.3. The molecule has 0 amide bonds. The molecule has 2 heterocycles. The van der Waals surface area contributed by atoms with Crippen molar-refractivity contribution in [2.45, 2.75) is 26.7 Å². The summed E-state index contributed by atoms with van der Waals surface area (Å²) < 4.78 is 6.68. The van der Waals surface area contributed by atoms with Gasteiger partial charge in [-0.05, 0) is 25.5 Å². The highest BCUT2D eigenvalue weighted by atomic mass is 16.5. The molecule has 17 heavy (non-hydrogen) atoms. The number of carbonyl (C=O) groups is 1. The van der Waals surface area contributed by atoms with E-state index in [1.54, 1.807) is 22.8 Å². The summed E-state index contributed by atoms with van der Waals surface area (Å²) in [5.41, 5.74) is 1.91. The number of hydrogen-bond donors (Lipinski definition) is 0. The van der Waals surface area contributed by atoms with Crippen molar-refractivity contribution >= 4 is 11.6 Å². The molecule has 5 heteroatoms. The molecular weight excluding hydrogens is 218 g/mol. The highest BCUT2D eigenvalue weighted by molar-refractivity contribution is 5.87. The molecule has 0 radical (unpaired) electrons. The Morgan fingerprint density at radius 1 is 1.47 bits per heavy atom. The van der Waals surface area contributed by atoms with E-state index in [1.807, 2.05) is 13.8 Å². The third-order valence-electron chi connectivity index (χ3n) is 2.38. The summed E-state index contributed by atoms with van der Waals surface area (Å²) in [7, 11) is 0. The van der Waals surface area contributed by atoms with Crippen LogP contribution >= 0.6 is 0 Å². The molecule has 0 aromatic carbocycles. The molecule has 0 bridgehead atoms. The largest absolute Gasteiger partial charge is 0.461 e. The molecule has 90 valence electrons. The smallest absolute Gasteiger partial charge is 0.358 e. The second-order valence-electron chi connectivity index (χ2n) is 3.89. The summed E-state index contributed by atoms with van der Waals surface area (Å²) in [6, 6.07) is 3.40. The second kappa shape index (κ2) is 4.95. The van der Waals surface area contributed by atoms with Crippen LogP contribution in [0.15, 0.2) is 18.3 Å². The number of rotatable bonds is 4. The molecule has 0 spiro atoms. The van der Waals surface area contributed by atoms with Crippen LogP contribution in [0.2, 0.25) is 0 Å². The van der Waals surface area contributed by atoms with Gasteiger partial charge in [0.25, 0.3) is 0 Å². The van der Waals surface area contributed by atoms with Crippen molar-refractivity contribution in [2.24, 2.45) is 0 Å². The van der Waals surface area contributed by atoms with Gasteiger partial charge in [0.2, 0.25) is 0 Å². The topological polar surface area (TPSA) is 56.5 Å². The van der Waals surface area contributed by atoms with E-state index < -0.39 is 0 Å². The van der Waals surface area contributed by atoms with E-state index >= 15 is 0 Å². The van der Waals surface area contributed by atoms with Gasteiger partial charge in [-0.15, -0.1) is 0 Å². The summed E-state index contributed by atoms with van der Waals surface area (Å²) in [4.78, 5) is 15.9. The molecule has 2 rings (SSSR count). The number of ether oxygens (including phenoxy) is 1. The number of aromatic nitrogens is 3. The first-order valence-corrected chi connectivity index (χ1v) is 5.71. The van der Waals surface area contributed by atoms with Crippen LogP contribution in [0.3, 0.4) is 0 Å². The molecule has 5 nitrogen and oxygen atoms in total. The molecule has 2 aromatic rings. The van der Waals surface area contributed by atoms with E-state index in [0.717, 1.165) is 24.2 Å². The van der Waals surface area contributed by atoms with Gasteiger partial charge in [0.1, 0.15) is 0 Å². The Balaban J connectivity index is 2.15. The summed E-state index contributed by atoms with van der Waals surface area (Å²) in [5.74, 6) is -0.383. The molecule has 0 fully saturated rings. The summed E-state index contributed by atoms with van der Waals surface area (Å²) in [6.07, 6.45) is 3.65. The third kappa shape index (κ3) is 2.61. The van der Waals surface area contributed by atoms with Gasteiger partial charge in [-0.3, -0.25) is 0 Å². The average molecular weight is 233 g/mol. The van der Waals surface area contributed by atoms with Crippen molar-refractivity contribution < 1.29 is 9.53 Å². The first kappa shape index (κ1) is 11.6. The first-order chi connectivity index (χ1) is 8.20. The predicted molar refractivity (Wildman–Crippen MR) is 62.9 cm³/mol. The lowest BCUT2D eigenvalue weighted by Crippen LogP contribution is -2.10. The average Bonchev–Trinajstić information content (AvgIpc) is 2.68. The molecular formula is C12H15N3O2. The van der Waals surface area contributed by atoms with Crippen molar-refractivity contribution in [1.82, 2.24) is 14.6 Å². The normalized spacial score (nSPS) is 10.7. The fourth-order valence-electron chi connectivity index (χ4n) is 1.49. The minimum atomic E-state index is -0.383. The van der Waals surface area contributed by atoms with E-state index in [4.69, 9.17) is 4.74 Å². The molecule has 0 atom stereocenters. The van der Waals surface area contributed by atoms with E-state index in [1.165, 1.54) is 0 Å². The monoisotopic (exact) mass is 233 g/mol. The number of fused-ring (bicyclic) bond motifs is 1. The van der Waals surface area contributed by atoms with E-state index in [-0.39, 0.29) is 5.97 Å². The molecule has 0 unspecified atom stereocenters. The Morgan fingerprint density at radius 3 is 3.06 bits per heavy atom. The summed E-state index contributed by atoms with van der Waals surface area (Å²) in [6.45, 7) is 4.37. The second-order valence-corrected chi connectivity index (χ2v) is 3.89. The van der Waals surface area contributed by atoms with Crippen molar-refractivity contribution in [2.75, 3.05) is 6.61 Å². The van der Waals surface area contributed by atoms with Crippen LogP contribution in [0.5, 0.6) is 0 Å². The maximum absolute atomic E-state index is 11.7. The van der Waals surface area contributed by atoms with Crippen LogP contribution < -0.4 is 0 Å². The van der Waals surface area contributed by atoms with Gasteiger partial charge in [-0.1, -0.05) is 13.3 Å². The Morgan fingerprint density at radius 2 is 2.29 bits per heavy atom. The summed E-state index contributed by atoms with van der Waals surface area (Å²) >= 11 is 0. The SMILES string of the molecule is CCCCOC(=O)c1ccc2nc(C)cn2n1. The van der Waals surface area contributed by atoms with Gasteiger partial charge in [0.05, 0.1) is 18.5 Å². The number of hydrogen-bond acceptors (Lipinski definition) is 4. The quantitative estimate of drug-likeness (QED) is 0.598. The van der Waals surface area contributed by atoms with Crippen molar-refractivity contribution in [3.05, 3.63) is 29.7 Å². The molecule has 0 saturated heterocycles. The lowest BCUT2D eigenvalue weighted by Gasteiger charge is -2.03. The summed E-state index contributed by atoms with van der Waals surface area (Å²) in [5, 5.41) is 4.15. The van der Waals surface area contributed by atoms with Gasteiger partial charge in [0.15, 0.2) is 11.3 Å². The van der Waals surface area contributed by atoms with Crippen molar-refractivity contribution in [1.29, 1.82) is 0 Å². The molecule has 0 saturated carbocycles. The number of esters is 1. The highest BCUT2D eigenvalue weighted by Gasteiger charge is 2.10. The fourth-order valence-corrected chi connectivity index (χ4v) is 1.49. The molecule has 0 aliphatic rings. The molecule has 2 aromatic heterocycles. The zero-order chi connectivity index (χ0) is 12.3. The molecule has 0 aliphatic carbocycles. The first-order valence-electron chi connectivity index (χ1n) is 5.71. The van der Waals surface area contributed by atoms with Crippen LogP contribution in [0, 0.1) is 6.92 Å². The Labute approximate surface area is 99.4 Å². The Kier molecular flexibility index (Phi) is 3.37. The van der Waals surface area contributed by atoms with Crippen LogP contribution in [0.4, 0.5) is 0 Å². The zero-order valence-electron chi connectivity index (χ0n) is 10.0. The van der Waals surface area contributed by atoms with Gasteiger partial charge in [0, 0.05) is 0 Å². The Bertz CT molecular complexity index is 534. The number of nitrogens with zero attached hydrogens (tertiary/aromatic N) is 3. The number of imidazole rings is 1. The van der Waals surface area contributed by atoms with Gasteiger partial charge < -0.3 is 4.74 Å². The van der Waals surface area contributed by atoms with Crippen LogP contribution in [0.1, 0.15) is 35.9 Å². The van der Waals surface area contributed by atoms with E-state index in [2.05, 4.69) is 10.1 Å². The lowest BCUT2D eigenvalue weighted by molar-refractivity contribution is 0.0491.